The van der Waals surface area contributed by atoms with E-state index in [1.807, 2.05) is 24.3 Å². The van der Waals surface area contributed by atoms with E-state index in [-0.39, 0.29) is 11.6 Å². The first-order valence-corrected chi connectivity index (χ1v) is 11.0. The van der Waals surface area contributed by atoms with Crippen LogP contribution in [0, 0.1) is 0 Å². The fraction of sp³-hybridized carbons (Fsp3) is 0.458. The summed E-state index contributed by atoms with van der Waals surface area (Å²) in [5, 5.41) is 0. The van der Waals surface area contributed by atoms with Gasteiger partial charge in [0.05, 0.1) is 23.9 Å². The van der Waals surface area contributed by atoms with Crippen LogP contribution in [0.5, 0.6) is 5.75 Å². The molecule has 2 aromatic carbocycles. The van der Waals surface area contributed by atoms with Crippen molar-refractivity contribution in [2.24, 2.45) is 0 Å². The largest absolute Gasteiger partial charge is 0.495 e. The minimum absolute atomic E-state index is 0.158. The highest BCUT2D eigenvalue weighted by Crippen LogP contribution is 2.33. The summed E-state index contributed by atoms with van der Waals surface area (Å²) in [6.45, 7) is 4.29. The number of rotatable bonds is 4. The number of nitrogens with zero attached hydrogens (tertiary/aromatic N) is 3. The molecule has 4 rings (SSSR count). The van der Waals surface area contributed by atoms with Gasteiger partial charge in [-0.15, -0.1) is 0 Å². The van der Waals surface area contributed by atoms with Crippen molar-refractivity contribution < 1.29 is 22.7 Å². The Morgan fingerprint density at radius 2 is 1.66 bits per heavy atom. The lowest BCUT2D eigenvalue weighted by Crippen LogP contribution is -2.56. The standard InChI is InChI=1S/C24H28F3N3O2/c1-32-22-11-5-4-10-21(22)29-15-13-28(14-16-29)18-7-6-12-30(17-18)23(31)19-8-2-3-9-20(19)24(25,26)27/h2-5,8-11,18H,6-7,12-17H2,1H3/t18-/m0/s1. The van der Waals surface area contributed by atoms with Gasteiger partial charge in [-0.2, -0.15) is 13.2 Å². The van der Waals surface area contributed by atoms with Gasteiger partial charge in [0.1, 0.15) is 5.75 Å². The number of para-hydroxylation sites is 2. The predicted molar refractivity (Wildman–Crippen MR) is 117 cm³/mol. The molecule has 2 aliphatic rings. The number of methoxy groups -OCH3 is 1. The number of amides is 1. The molecule has 2 aliphatic heterocycles. The quantitative estimate of drug-likeness (QED) is 0.706. The van der Waals surface area contributed by atoms with Crippen LogP contribution in [-0.4, -0.2) is 68.1 Å². The molecule has 172 valence electrons. The van der Waals surface area contributed by atoms with Crippen LogP contribution in [0.15, 0.2) is 48.5 Å². The Bertz CT molecular complexity index is 942. The monoisotopic (exact) mass is 447 g/mol. The van der Waals surface area contributed by atoms with Crippen molar-refractivity contribution in [3.05, 3.63) is 59.7 Å². The second kappa shape index (κ2) is 9.40. The number of carbonyl (C=O) groups excluding carboxylic acids is 1. The van der Waals surface area contributed by atoms with Crippen molar-refractivity contribution in [2.45, 2.75) is 25.1 Å². The van der Waals surface area contributed by atoms with Gasteiger partial charge >= 0.3 is 6.18 Å². The molecule has 8 heteroatoms. The maximum atomic E-state index is 13.4. The first kappa shape index (κ1) is 22.5. The van der Waals surface area contributed by atoms with Crippen molar-refractivity contribution in [3.63, 3.8) is 0 Å². The first-order chi connectivity index (χ1) is 15.4. The third-order valence-corrected chi connectivity index (χ3v) is 6.40. The molecule has 0 aliphatic carbocycles. The van der Waals surface area contributed by atoms with Crippen LogP contribution in [0.2, 0.25) is 0 Å². The first-order valence-electron chi connectivity index (χ1n) is 11.0. The Morgan fingerprint density at radius 1 is 0.969 bits per heavy atom. The van der Waals surface area contributed by atoms with Crippen molar-refractivity contribution >= 4 is 11.6 Å². The third-order valence-electron chi connectivity index (χ3n) is 6.40. The summed E-state index contributed by atoms with van der Waals surface area (Å²) in [6, 6.07) is 13.2. The van der Waals surface area contributed by atoms with Gasteiger partial charge in [0.2, 0.25) is 0 Å². The Labute approximate surface area is 186 Å². The zero-order chi connectivity index (χ0) is 22.7. The van der Waals surface area contributed by atoms with E-state index in [4.69, 9.17) is 4.74 Å². The van der Waals surface area contributed by atoms with Gasteiger partial charge in [0.15, 0.2) is 0 Å². The molecule has 0 bridgehead atoms. The molecule has 0 N–H and O–H groups in total. The highest BCUT2D eigenvalue weighted by Gasteiger charge is 2.37. The fourth-order valence-electron chi connectivity index (χ4n) is 4.74. The van der Waals surface area contributed by atoms with E-state index in [2.05, 4.69) is 9.80 Å². The molecule has 2 heterocycles. The van der Waals surface area contributed by atoms with E-state index < -0.39 is 17.6 Å². The summed E-state index contributed by atoms with van der Waals surface area (Å²) in [6.07, 6.45) is -2.81. The van der Waals surface area contributed by atoms with Crippen molar-refractivity contribution in [1.82, 2.24) is 9.80 Å². The minimum atomic E-state index is -4.55. The van der Waals surface area contributed by atoms with E-state index in [0.717, 1.165) is 56.5 Å². The number of benzene rings is 2. The summed E-state index contributed by atoms with van der Waals surface area (Å²) >= 11 is 0. The Morgan fingerprint density at radius 3 is 2.38 bits per heavy atom. The summed E-state index contributed by atoms with van der Waals surface area (Å²) in [5.41, 5.74) is -0.0574. The molecule has 1 amide bonds. The molecule has 0 spiro atoms. The van der Waals surface area contributed by atoms with Crippen LogP contribution >= 0.6 is 0 Å². The number of halogens is 3. The molecule has 0 saturated carbocycles. The number of alkyl halides is 3. The number of hydrogen-bond donors (Lipinski definition) is 0. The predicted octanol–water partition coefficient (Wildman–Crippen LogP) is 4.14. The van der Waals surface area contributed by atoms with Gasteiger partial charge in [-0.25, -0.2) is 0 Å². The third kappa shape index (κ3) is 4.70. The zero-order valence-corrected chi connectivity index (χ0v) is 18.1. The highest BCUT2D eigenvalue weighted by atomic mass is 19.4. The number of ether oxygens (including phenoxy) is 1. The minimum Gasteiger partial charge on any atom is -0.495 e. The molecule has 0 radical (unpaired) electrons. The van der Waals surface area contributed by atoms with Crippen LogP contribution in [0.4, 0.5) is 18.9 Å². The Hall–Kier alpha value is -2.74. The van der Waals surface area contributed by atoms with Gasteiger partial charge in [0, 0.05) is 45.3 Å². The maximum absolute atomic E-state index is 13.4. The number of likely N-dealkylation sites (tertiary alicyclic amines) is 1. The SMILES string of the molecule is COc1ccccc1N1CCN([C@H]2CCCN(C(=O)c3ccccc3C(F)(F)F)C2)CC1. The van der Waals surface area contributed by atoms with Gasteiger partial charge in [-0.1, -0.05) is 24.3 Å². The van der Waals surface area contributed by atoms with Crippen LogP contribution in [0.1, 0.15) is 28.8 Å². The normalized spacial score (nSPS) is 20.3. The zero-order valence-electron chi connectivity index (χ0n) is 18.1. The molecule has 2 saturated heterocycles. The summed E-state index contributed by atoms with van der Waals surface area (Å²) in [5.74, 6) is 0.314. The second-order valence-electron chi connectivity index (χ2n) is 8.29. The van der Waals surface area contributed by atoms with E-state index in [1.54, 1.807) is 12.0 Å². The van der Waals surface area contributed by atoms with Gasteiger partial charge in [-0.3, -0.25) is 9.69 Å². The molecule has 2 fully saturated rings. The number of anilines is 1. The van der Waals surface area contributed by atoms with Crippen LogP contribution < -0.4 is 9.64 Å². The van der Waals surface area contributed by atoms with Gasteiger partial charge < -0.3 is 14.5 Å². The van der Waals surface area contributed by atoms with Crippen LogP contribution in [-0.2, 0) is 6.18 Å². The number of carbonyl (C=O) groups is 1. The van der Waals surface area contributed by atoms with Crippen molar-refractivity contribution in [2.75, 3.05) is 51.3 Å². The summed E-state index contributed by atoms with van der Waals surface area (Å²) in [7, 11) is 1.67. The van der Waals surface area contributed by atoms with E-state index in [1.165, 1.54) is 18.2 Å². The molecule has 2 aromatic rings. The average molecular weight is 448 g/mol. The second-order valence-corrected chi connectivity index (χ2v) is 8.29. The van der Waals surface area contributed by atoms with E-state index in [9.17, 15) is 18.0 Å². The molecule has 5 nitrogen and oxygen atoms in total. The lowest BCUT2D eigenvalue weighted by molar-refractivity contribution is -0.138. The van der Waals surface area contributed by atoms with Crippen LogP contribution in [0.25, 0.3) is 0 Å². The number of piperidine rings is 1. The summed E-state index contributed by atoms with van der Waals surface area (Å²) in [4.78, 5) is 19.2. The van der Waals surface area contributed by atoms with E-state index in [0.29, 0.717) is 13.1 Å². The Balaban J connectivity index is 1.41. The fourth-order valence-corrected chi connectivity index (χ4v) is 4.74. The van der Waals surface area contributed by atoms with Gasteiger partial charge in [0.25, 0.3) is 5.91 Å². The molecule has 32 heavy (non-hydrogen) atoms. The molecule has 0 unspecified atom stereocenters. The Kier molecular flexibility index (Phi) is 6.60. The smallest absolute Gasteiger partial charge is 0.417 e. The maximum Gasteiger partial charge on any atom is 0.417 e. The molecular weight excluding hydrogens is 419 g/mol. The number of piperazine rings is 1. The van der Waals surface area contributed by atoms with E-state index >= 15 is 0 Å². The van der Waals surface area contributed by atoms with Crippen LogP contribution in [0.3, 0.4) is 0 Å². The molecule has 1 atom stereocenters. The highest BCUT2D eigenvalue weighted by molar-refractivity contribution is 5.96. The molecule has 0 aromatic heterocycles. The van der Waals surface area contributed by atoms with Crippen molar-refractivity contribution in [1.29, 1.82) is 0 Å². The average Bonchev–Trinajstić information content (AvgIpc) is 2.83. The molecular formula is C24H28F3N3O2. The lowest BCUT2D eigenvalue weighted by atomic mass is 10.00. The summed E-state index contributed by atoms with van der Waals surface area (Å²) < 4.78 is 45.6. The lowest BCUT2D eigenvalue weighted by Gasteiger charge is -2.44. The van der Waals surface area contributed by atoms with Gasteiger partial charge in [-0.05, 0) is 37.1 Å². The van der Waals surface area contributed by atoms with Crippen molar-refractivity contribution in [3.8, 4) is 5.75 Å². The number of hydrogen-bond acceptors (Lipinski definition) is 4. The topological polar surface area (TPSA) is 36.0 Å².